The molecule has 0 radical (unpaired) electrons. The van der Waals surface area contributed by atoms with Crippen LogP contribution in [-0.4, -0.2) is 54.7 Å². The van der Waals surface area contributed by atoms with E-state index in [1.54, 1.807) is 12.1 Å². The van der Waals surface area contributed by atoms with E-state index in [2.05, 4.69) is 10.4 Å². The Labute approximate surface area is 191 Å². The first-order valence-electron chi connectivity index (χ1n) is 11.1. The minimum absolute atomic E-state index is 0.0390. The zero-order chi connectivity index (χ0) is 23.5. The maximum Gasteiger partial charge on any atom is 0.251 e. The van der Waals surface area contributed by atoms with Crippen molar-refractivity contribution in [3.63, 3.8) is 0 Å². The normalized spacial score (nSPS) is 18.3. The number of piperidine rings is 1. The maximum atomic E-state index is 13.4. The van der Waals surface area contributed by atoms with Gasteiger partial charge in [0, 0.05) is 36.9 Å². The van der Waals surface area contributed by atoms with Crippen molar-refractivity contribution >= 4 is 15.9 Å². The summed E-state index contributed by atoms with van der Waals surface area (Å²) in [5.41, 5.74) is 2.35. The number of hydrogen-bond donors (Lipinski definition) is 1. The van der Waals surface area contributed by atoms with Gasteiger partial charge in [0.25, 0.3) is 5.91 Å². The SMILES string of the molecule is COc1ccc(C(=O)NCC(C)Cn2nc(C)cc2C)cc1S(=O)(=O)N1CCCCC1C. The number of amides is 1. The Morgan fingerprint density at radius 3 is 2.66 bits per heavy atom. The molecule has 3 rings (SSSR count). The van der Waals surface area contributed by atoms with E-state index in [9.17, 15) is 13.2 Å². The number of sulfonamides is 1. The number of benzene rings is 1. The van der Waals surface area contributed by atoms with Crippen molar-refractivity contribution in [1.82, 2.24) is 19.4 Å². The van der Waals surface area contributed by atoms with Crippen molar-refractivity contribution in [3.8, 4) is 5.75 Å². The maximum absolute atomic E-state index is 13.4. The van der Waals surface area contributed by atoms with Gasteiger partial charge in [-0.25, -0.2) is 8.42 Å². The molecular weight excluding hydrogens is 428 g/mol. The standard InChI is InChI=1S/C23H34N4O4S/c1-16(15-26-19(4)12-17(2)25-26)14-24-23(28)20-9-10-21(31-5)22(13-20)32(29,30)27-11-7-6-8-18(27)3/h9-10,12-13,16,18H,6-8,11,14-15H2,1-5H3,(H,24,28). The molecule has 0 bridgehead atoms. The molecule has 1 aromatic carbocycles. The fourth-order valence-electron chi connectivity index (χ4n) is 4.16. The van der Waals surface area contributed by atoms with Crippen LogP contribution in [0.4, 0.5) is 0 Å². The number of nitrogens with one attached hydrogen (secondary N) is 1. The Morgan fingerprint density at radius 1 is 1.28 bits per heavy atom. The molecule has 1 N–H and O–H groups in total. The van der Waals surface area contributed by atoms with Crippen LogP contribution in [0.5, 0.6) is 5.75 Å². The predicted octanol–water partition coefficient (Wildman–Crippen LogP) is 3.14. The highest BCUT2D eigenvalue weighted by atomic mass is 32.2. The molecule has 9 heteroatoms. The molecule has 2 heterocycles. The van der Waals surface area contributed by atoms with E-state index in [-0.39, 0.29) is 28.5 Å². The Kier molecular flexibility index (Phi) is 7.61. The zero-order valence-electron chi connectivity index (χ0n) is 19.6. The van der Waals surface area contributed by atoms with Gasteiger partial charge in [0.1, 0.15) is 10.6 Å². The molecule has 176 valence electrons. The van der Waals surface area contributed by atoms with Gasteiger partial charge in [-0.05, 0) is 63.8 Å². The van der Waals surface area contributed by atoms with Gasteiger partial charge in [0.05, 0.1) is 12.8 Å². The number of nitrogens with zero attached hydrogens (tertiary/aromatic N) is 3. The number of ether oxygens (including phenoxy) is 1. The first-order valence-corrected chi connectivity index (χ1v) is 12.6. The molecule has 0 spiro atoms. The van der Waals surface area contributed by atoms with E-state index in [1.165, 1.54) is 17.5 Å². The van der Waals surface area contributed by atoms with Gasteiger partial charge in [-0.1, -0.05) is 13.3 Å². The summed E-state index contributed by atoms with van der Waals surface area (Å²) in [6, 6.07) is 6.52. The summed E-state index contributed by atoms with van der Waals surface area (Å²) in [6.07, 6.45) is 2.68. The van der Waals surface area contributed by atoms with Crippen LogP contribution in [-0.2, 0) is 16.6 Å². The molecule has 1 aromatic heterocycles. The predicted molar refractivity (Wildman–Crippen MR) is 123 cm³/mol. The third-order valence-corrected chi connectivity index (χ3v) is 7.99. The quantitative estimate of drug-likeness (QED) is 0.651. The van der Waals surface area contributed by atoms with Crippen LogP contribution in [0.3, 0.4) is 0 Å². The monoisotopic (exact) mass is 462 g/mol. The van der Waals surface area contributed by atoms with Gasteiger partial charge in [-0.15, -0.1) is 0 Å². The number of methoxy groups -OCH3 is 1. The van der Waals surface area contributed by atoms with Gasteiger partial charge in [-0.3, -0.25) is 9.48 Å². The third kappa shape index (κ3) is 5.32. The summed E-state index contributed by atoms with van der Waals surface area (Å²) in [6.45, 7) is 9.54. The first kappa shape index (κ1) is 24.3. The number of aryl methyl sites for hydroxylation is 2. The summed E-state index contributed by atoms with van der Waals surface area (Å²) >= 11 is 0. The van der Waals surface area contributed by atoms with E-state index >= 15 is 0 Å². The second-order valence-electron chi connectivity index (χ2n) is 8.75. The number of carbonyl (C=O) groups excluding carboxylic acids is 1. The second kappa shape index (κ2) is 10.0. The van der Waals surface area contributed by atoms with Crippen molar-refractivity contribution in [2.24, 2.45) is 5.92 Å². The lowest BCUT2D eigenvalue weighted by Crippen LogP contribution is -2.42. The lowest BCUT2D eigenvalue weighted by Gasteiger charge is -2.32. The summed E-state index contributed by atoms with van der Waals surface area (Å²) in [5, 5.41) is 7.38. The van der Waals surface area contributed by atoms with Gasteiger partial charge in [-0.2, -0.15) is 9.40 Å². The fourth-order valence-corrected chi connectivity index (χ4v) is 6.05. The molecule has 1 amide bonds. The Balaban J connectivity index is 1.74. The average Bonchev–Trinajstić information content (AvgIpc) is 3.08. The van der Waals surface area contributed by atoms with Crippen LogP contribution in [0, 0.1) is 19.8 Å². The Hall–Kier alpha value is -2.39. The van der Waals surface area contributed by atoms with Crippen LogP contribution in [0.1, 0.15) is 54.9 Å². The lowest BCUT2D eigenvalue weighted by molar-refractivity contribution is 0.0946. The molecule has 2 aromatic rings. The highest BCUT2D eigenvalue weighted by molar-refractivity contribution is 7.89. The molecule has 32 heavy (non-hydrogen) atoms. The van der Waals surface area contributed by atoms with Crippen molar-refractivity contribution in [2.45, 2.75) is 64.4 Å². The smallest absolute Gasteiger partial charge is 0.251 e. The fraction of sp³-hybridized carbons (Fsp3) is 0.565. The first-order chi connectivity index (χ1) is 15.1. The Bertz CT molecular complexity index is 1060. The van der Waals surface area contributed by atoms with Crippen molar-refractivity contribution in [2.75, 3.05) is 20.2 Å². The van der Waals surface area contributed by atoms with E-state index in [0.29, 0.717) is 25.2 Å². The Morgan fingerprint density at radius 2 is 2.03 bits per heavy atom. The molecule has 1 fully saturated rings. The molecule has 8 nitrogen and oxygen atoms in total. The van der Waals surface area contributed by atoms with Gasteiger partial charge in [0.2, 0.25) is 10.0 Å². The largest absolute Gasteiger partial charge is 0.495 e. The van der Waals surface area contributed by atoms with E-state index in [1.807, 2.05) is 38.4 Å². The molecule has 2 unspecified atom stereocenters. The highest BCUT2D eigenvalue weighted by Crippen LogP contribution is 2.31. The molecule has 0 saturated carbocycles. The highest BCUT2D eigenvalue weighted by Gasteiger charge is 2.33. The van der Waals surface area contributed by atoms with Crippen LogP contribution in [0.25, 0.3) is 0 Å². The molecule has 1 saturated heterocycles. The number of rotatable bonds is 8. The molecule has 0 aliphatic carbocycles. The number of aromatic nitrogens is 2. The molecular formula is C23H34N4O4S. The molecule has 1 aliphatic rings. The van der Waals surface area contributed by atoms with Gasteiger partial charge < -0.3 is 10.1 Å². The van der Waals surface area contributed by atoms with E-state index in [0.717, 1.165) is 30.7 Å². The van der Waals surface area contributed by atoms with Gasteiger partial charge >= 0.3 is 0 Å². The van der Waals surface area contributed by atoms with Crippen LogP contribution in [0.15, 0.2) is 29.2 Å². The average molecular weight is 463 g/mol. The summed E-state index contributed by atoms with van der Waals surface area (Å²) in [5.74, 6) is 0.0980. The van der Waals surface area contributed by atoms with E-state index in [4.69, 9.17) is 4.74 Å². The number of carbonyl (C=O) groups is 1. The molecule has 2 atom stereocenters. The third-order valence-electron chi connectivity index (χ3n) is 5.95. The van der Waals surface area contributed by atoms with E-state index < -0.39 is 10.0 Å². The summed E-state index contributed by atoms with van der Waals surface area (Å²) in [4.78, 5) is 12.8. The summed E-state index contributed by atoms with van der Waals surface area (Å²) in [7, 11) is -2.33. The minimum Gasteiger partial charge on any atom is -0.495 e. The van der Waals surface area contributed by atoms with Crippen LogP contribution >= 0.6 is 0 Å². The zero-order valence-corrected chi connectivity index (χ0v) is 20.4. The van der Waals surface area contributed by atoms with Crippen molar-refractivity contribution < 1.29 is 17.9 Å². The minimum atomic E-state index is -3.77. The van der Waals surface area contributed by atoms with Crippen LogP contribution < -0.4 is 10.1 Å². The van der Waals surface area contributed by atoms with Crippen molar-refractivity contribution in [1.29, 1.82) is 0 Å². The lowest BCUT2D eigenvalue weighted by atomic mass is 10.1. The number of hydrogen-bond acceptors (Lipinski definition) is 5. The van der Waals surface area contributed by atoms with Crippen LogP contribution in [0.2, 0.25) is 0 Å². The molecule has 1 aliphatic heterocycles. The second-order valence-corrected chi connectivity index (χ2v) is 10.6. The van der Waals surface area contributed by atoms with Crippen molar-refractivity contribution in [3.05, 3.63) is 41.2 Å². The van der Waals surface area contributed by atoms with Gasteiger partial charge in [0.15, 0.2) is 0 Å². The summed E-state index contributed by atoms with van der Waals surface area (Å²) < 4.78 is 35.5. The topological polar surface area (TPSA) is 93.5 Å².